The van der Waals surface area contributed by atoms with Gasteiger partial charge in [-0.05, 0) is 43.5 Å². The highest BCUT2D eigenvalue weighted by molar-refractivity contribution is 5.90. The third-order valence-electron chi connectivity index (χ3n) is 4.36. The molecule has 1 aliphatic rings. The summed E-state index contributed by atoms with van der Waals surface area (Å²) in [5.41, 5.74) is 3.36. The second-order valence-corrected chi connectivity index (χ2v) is 6.22. The van der Waals surface area contributed by atoms with Crippen LogP contribution in [-0.4, -0.2) is 20.8 Å². The lowest BCUT2D eigenvalue weighted by molar-refractivity contribution is -0.114. The van der Waals surface area contributed by atoms with Gasteiger partial charge < -0.3 is 10.4 Å². The molecule has 0 atom stereocenters. The molecule has 2 N–H and O–H groups in total. The Labute approximate surface area is 136 Å². The Hall–Kier alpha value is -2.30. The van der Waals surface area contributed by atoms with Crippen molar-refractivity contribution in [2.24, 2.45) is 0 Å². The third kappa shape index (κ3) is 3.23. The van der Waals surface area contributed by atoms with Crippen LogP contribution in [0.4, 0.5) is 5.69 Å². The van der Waals surface area contributed by atoms with Gasteiger partial charge in [0.15, 0.2) is 0 Å². The summed E-state index contributed by atoms with van der Waals surface area (Å²) in [6.45, 7) is 4.50. The van der Waals surface area contributed by atoms with Gasteiger partial charge in [0.2, 0.25) is 5.91 Å². The van der Waals surface area contributed by atoms with E-state index in [1.807, 2.05) is 0 Å². The van der Waals surface area contributed by atoms with E-state index in [1.165, 1.54) is 31.9 Å². The largest absolute Gasteiger partial charge is 0.507 e. The molecule has 1 fully saturated rings. The molecule has 0 spiro atoms. The number of aryl methyl sites for hydroxylation is 1. The first-order chi connectivity index (χ1) is 11.1. The van der Waals surface area contributed by atoms with E-state index in [2.05, 4.69) is 23.0 Å². The topological polar surface area (TPSA) is 67.2 Å². The molecule has 1 aromatic carbocycles. The van der Waals surface area contributed by atoms with Crippen molar-refractivity contribution < 1.29 is 9.90 Å². The van der Waals surface area contributed by atoms with E-state index in [9.17, 15) is 9.90 Å². The molecule has 5 nitrogen and oxygen atoms in total. The maximum Gasteiger partial charge on any atom is 0.221 e. The number of hydrogen-bond acceptors (Lipinski definition) is 3. The summed E-state index contributed by atoms with van der Waals surface area (Å²) in [6, 6.07) is 7.16. The maximum atomic E-state index is 11.2. The molecule has 0 saturated heterocycles. The Balaban J connectivity index is 1.98. The predicted octanol–water partition coefficient (Wildman–Crippen LogP) is 3.89. The minimum atomic E-state index is -0.131. The average molecular weight is 313 g/mol. The van der Waals surface area contributed by atoms with Crippen LogP contribution in [-0.2, 0) is 11.3 Å². The first-order valence-electron chi connectivity index (χ1n) is 8.27. The normalized spacial score (nSPS) is 14.5. The fraction of sp³-hybridized carbons (Fsp3) is 0.444. The smallest absolute Gasteiger partial charge is 0.221 e. The van der Waals surface area contributed by atoms with Crippen LogP contribution < -0.4 is 5.32 Å². The fourth-order valence-electron chi connectivity index (χ4n) is 3.01. The van der Waals surface area contributed by atoms with Gasteiger partial charge in [0.05, 0.1) is 5.69 Å². The predicted molar refractivity (Wildman–Crippen MR) is 90.5 cm³/mol. The van der Waals surface area contributed by atoms with E-state index in [-0.39, 0.29) is 11.7 Å². The van der Waals surface area contributed by atoms with Crippen LogP contribution in [0.1, 0.15) is 51.1 Å². The van der Waals surface area contributed by atoms with Crippen LogP contribution >= 0.6 is 0 Å². The van der Waals surface area contributed by atoms with Gasteiger partial charge in [0, 0.05) is 36.3 Å². The zero-order chi connectivity index (χ0) is 16.4. The summed E-state index contributed by atoms with van der Waals surface area (Å²) in [5.74, 6) is 0.636. The van der Waals surface area contributed by atoms with E-state index in [0.29, 0.717) is 17.2 Å². The van der Waals surface area contributed by atoms with Crippen molar-refractivity contribution in [1.82, 2.24) is 9.78 Å². The Morgan fingerprint density at radius 2 is 2.17 bits per heavy atom. The molecule has 5 heteroatoms. The number of hydrogen-bond donors (Lipinski definition) is 2. The lowest BCUT2D eigenvalue weighted by atomic mass is 9.82. The van der Waals surface area contributed by atoms with E-state index < -0.39 is 0 Å². The number of phenols is 1. The molecule has 0 radical (unpaired) electrons. The van der Waals surface area contributed by atoms with Gasteiger partial charge in [0.25, 0.3) is 0 Å². The van der Waals surface area contributed by atoms with Crippen molar-refractivity contribution in [3.05, 3.63) is 30.0 Å². The minimum Gasteiger partial charge on any atom is -0.507 e. The summed E-state index contributed by atoms with van der Waals surface area (Å²) < 4.78 is 2.07. The highest BCUT2D eigenvalue weighted by atomic mass is 16.3. The van der Waals surface area contributed by atoms with Gasteiger partial charge in [-0.3, -0.25) is 9.48 Å². The Kier molecular flexibility index (Phi) is 4.37. The van der Waals surface area contributed by atoms with Crippen LogP contribution in [0, 0.1) is 0 Å². The standard InChI is InChI=1S/C18H23N3O2/c1-3-9-21-17(13-5-4-6-13)11-16(20-21)15-10-14(19-12(2)22)7-8-18(15)23/h7-8,10-11,13,23H,3-6,9H2,1-2H3,(H,19,22). The molecular formula is C18H23N3O2. The quantitative estimate of drug-likeness (QED) is 0.823. The molecule has 23 heavy (non-hydrogen) atoms. The number of aromatic nitrogens is 2. The second-order valence-electron chi connectivity index (χ2n) is 6.22. The Morgan fingerprint density at radius 1 is 1.39 bits per heavy atom. The number of carbonyl (C=O) groups excluding carboxylic acids is 1. The van der Waals surface area contributed by atoms with Crippen molar-refractivity contribution in [2.75, 3.05) is 5.32 Å². The van der Waals surface area contributed by atoms with E-state index in [1.54, 1.807) is 18.2 Å². The molecular weight excluding hydrogens is 290 g/mol. The number of phenolic OH excluding ortho intramolecular Hbond substituents is 1. The first kappa shape index (κ1) is 15.6. The zero-order valence-electron chi connectivity index (χ0n) is 13.7. The van der Waals surface area contributed by atoms with Crippen molar-refractivity contribution in [2.45, 2.75) is 52.0 Å². The number of nitrogens with one attached hydrogen (secondary N) is 1. The molecule has 0 aliphatic heterocycles. The summed E-state index contributed by atoms with van der Waals surface area (Å²) >= 11 is 0. The Morgan fingerprint density at radius 3 is 2.78 bits per heavy atom. The van der Waals surface area contributed by atoms with Gasteiger partial charge in [-0.15, -0.1) is 0 Å². The fourth-order valence-corrected chi connectivity index (χ4v) is 3.01. The molecule has 1 aliphatic carbocycles. The number of anilines is 1. The molecule has 0 unspecified atom stereocenters. The van der Waals surface area contributed by atoms with Crippen LogP contribution in [0.15, 0.2) is 24.3 Å². The highest BCUT2D eigenvalue weighted by Crippen LogP contribution is 2.39. The van der Waals surface area contributed by atoms with Crippen LogP contribution in [0.2, 0.25) is 0 Å². The maximum absolute atomic E-state index is 11.2. The average Bonchev–Trinajstić information content (AvgIpc) is 2.83. The van der Waals surface area contributed by atoms with E-state index in [0.717, 1.165) is 18.7 Å². The second kappa shape index (κ2) is 6.44. The van der Waals surface area contributed by atoms with Crippen molar-refractivity contribution in [1.29, 1.82) is 0 Å². The first-order valence-corrected chi connectivity index (χ1v) is 8.27. The molecule has 1 aromatic heterocycles. The Bertz CT molecular complexity index is 717. The highest BCUT2D eigenvalue weighted by Gasteiger charge is 2.25. The number of nitrogens with zero attached hydrogens (tertiary/aromatic N) is 2. The summed E-state index contributed by atoms with van der Waals surface area (Å²) in [5, 5.41) is 17.6. The van der Waals surface area contributed by atoms with Crippen LogP contribution in [0.3, 0.4) is 0 Å². The number of aromatic hydroxyl groups is 1. The van der Waals surface area contributed by atoms with E-state index in [4.69, 9.17) is 5.10 Å². The number of rotatable bonds is 5. The van der Waals surface area contributed by atoms with Crippen molar-refractivity contribution >= 4 is 11.6 Å². The molecule has 122 valence electrons. The van der Waals surface area contributed by atoms with E-state index >= 15 is 0 Å². The molecule has 3 rings (SSSR count). The lowest BCUT2D eigenvalue weighted by Crippen LogP contribution is -2.15. The molecule has 0 bridgehead atoms. The zero-order valence-corrected chi connectivity index (χ0v) is 13.7. The summed E-state index contributed by atoms with van der Waals surface area (Å²) in [4.78, 5) is 11.2. The molecule has 1 saturated carbocycles. The van der Waals surface area contributed by atoms with Gasteiger partial charge >= 0.3 is 0 Å². The molecule has 2 aromatic rings. The lowest BCUT2D eigenvalue weighted by Gasteiger charge is -2.25. The van der Waals surface area contributed by atoms with Gasteiger partial charge in [0.1, 0.15) is 5.75 Å². The number of amides is 1. The monoisotopic (exact) mass is 313 g/mol. The number of carbonyl (C=O) groups is 1. The molecule has 1 amide bonds. The van der Waals surface area contributed by atoms with Crippen LogP contribution in [0.5, 0.6) is 5.75 Å². The molecule has 1 heterocycles. The van der Waals surface area contributed by atoms with Gasteiger partial charge in [-0.1, -0.05) is 13.3 Å². The SMILES string of the molecule is CCCn1nc(-c2cc(NC(C)=O)ccc2O)cc1C1CCC1. The number of benzene rings is 1. The summed E-state index contributed by atoms with van der Waals surface area (Å²) in [6.07, 6.45) is 4.73. The van der Waals surface area contributed by atoms with Gasteiger partial charge in [-0.25, -0.2) is 0 Å². The third-order valence-corrected chi connectivity index (χ3v) is 4.36. The van der Waals surface area contributed by atoms with Crippen molar-refractivity contribution in [3.63, 3.8) is 0 Å². The summed E-state index contributed by atoms with van der Waals surface area (Å²) in [7, 11) is 0. The van der Waals surface area contributed by atoms with Crippen molar-refractivity contribution in [3.8, 4) is 17.0 Å². The van der Waals surface area contributed by atoms with Crippen LogP contribution in [0.25, 0.3) is 11.3 Å². The minimum absolute atomic E-state index is 0.131. The van der Waals surface area contributed by atoms with Gasteiger partial charge in [-0.2, -0.15) is 5.10 Å².